The van der Waals surface area contributed by atoms with Gasteiger partial charge in [0, 0.05) is 43.0 Å². The van der Waals surface area contributed by atoms with E-state index in [-0.39, 0.29) is 0 Å². The average molecular weight is 327 g/mol. The van der Waals surface area contributed by atoms with E-state index in [1.807, 2.05) is 12.1 Å². The van der Waals surface area contributed by atoms with Gasteiger partial charge in [-0.1, -0.05) is 29.3 Å². The molecule has 6 heteroatoms. The molecule has 1 aromatic heterocycles. The first-order chi connectivity index (χ1) is 10.2. The van der Waals surface area contributed by atoms with Gasteiger partial charge in [-0.2, -0.15) is 0 Å². The molecule has 0 spiro atoms. The van der Waals surface area contributed by atoms with E-state index < -0.39 is 0 Å². The van der Waals surface area contributed by atoms with E-state index in [9.17, 15) is 0 Å². The van der Waals surface area contributed by atoms with Gasteiger partial charge in [0.15, 0.2) is 0 Å². The molecular weight excluding hydrogens is 311 g/mol. The molecule has 21 heavy (non-hydrogen) atoms. The summed E-state index contributed by atoms with van der Waals surface area (Å²) in [4.78, 5) is 4.25. The highest BCUT2D eigenvalue weighted by molar-refractivity contribution is 6.34. The first-order valence-electron chi connectivity index (χ1n) is 6.47. The third-order valence-electron chi connectivity index (χ3n) is 2.75. The Bertz CT molecular complexity index is 594. The Morgan fingerprint density at radius 3 is 2.90 bits per heavy atom. The minimum Gasteiger partial charge on any atom is -0.437 e. The van der Waals surface area contributed by atoms with Gasteiger partial charge in [-0.25, -0.2) is 4.98 Å². The number of hydrogen-bond acceptors (Lipinski definition) is 4. The van der Waals surface area contributed by atoms with Crippen LogP contribution in [0.5, 0.6) is 11.6 Å². The van der Waals surface area contributed by atoms with Gasteiger partial charge >= 0.3 is 0 Å². The second-order valence-corrected chi connectivity index (χ2v) is 5.16. The number of ether oxygens (including phenoxy) is 2. The van der Waals surface area contributed by atoms with E-state index in [0.29, 0.717) is 34.8 Å². The third-order valence-corrected chi connectivity index (χ3v) is 3.30. The molecule has 0 fully saturated rings. The number of aromatic nitrogens is 1. The monoisotopic (exact) mass is 326 g/mol. The molecule has 112 valence electrons. The minimum atomic E-state index is 0.487. The van der Waals surface area contributed by atoms with Gasteiger partial charge in [0.05, 0.1) is 11.6 Å². The molecule has 0 unspecified atom stereocenters. The fourth-order valence-corrected chi connectivity index (χ4v) is 2.03. The second-order valence-electron chi connectivity index (χ2n) is 4.31. The number of halogens is 2. The first kappa shape index (κ1) is 16.0. The predicted molar refractivity (Wildman–Crippen MR) is 84.4 cm³/mol. The zero-order valence-corrected chi connectivity index (χ0v) is 13.1. The van der Waals surface area contributed by atoms with Crippen LogP contribution < -0.4 is 10.1 Å². The largest absolute Gasteiger partial charge is 0.437 e. The van der Waals surface area contributed by atoms with Crippen LogP contribution in [-0.2, 0) is 11.3 Å². The lowest BCUT2D eigenvalue weighted by molar-refractivity contribution is 0.199. The van der Waals surface area contributed by atoms with Crippen molar-refractivity contribution in [2.45, 2.75) is 6.54 Å². The summed E-state index contributed by atoms with van der Waals surface area (Å²) in [5.74, 6) is 0.993. The fraction of sp³-hybridized carbons (Fsp3) is 0.267. The molecule has 0 bridgehead atoms. The van der Waals surface area contributed by atoms with Crippen LogP contribution in [0.4, 0.5) is 0 Å². The molecule has 1 heterocycles. The number of rotatable bonds is 7. The highest BCUT2D eigenvalue weighted by Crippen LogP contribution is 2.32. The van der Waals surface area contributed by atoms with Crippen molar-refractivity contribution in [1.29, 1.82) is 0 Å². The predicted octanol–water partition coefficient (Wildman–Crippen LogP) is 3.92. The Hall–Kier alpha value is -1.33. The van der Waals surface area contributed by atoms with E-state index >= 15 is 0 Å². The van der Waals surface area contributed by atoms with Crippen LogP contribution in [0.15, 0.2) is 36.5 Å². The van der Waals surface area contributed by atoms with Crippen LogP contribution in [0.2, 0.25) is 10.0 Å². The Labute approximate surface area is 134 Å². The lowest BCUT2D eigenvalue weighted by atomic mass is 10.2. The number of hydrogen-bond donors (Lipinski definition) is 1. The van der Waals surface area contributed by atoms with Crippen LogP contribution in [0, 0.1) is 0 Å². The lowest BCUT2D eigenvalue weighted by Crippen LogP contribution is -2.19. The molecule has 4 nitrogen and oxygen atoms in total. The summed E-state index contributed by atoms with van der Waals surface area (Å²) in [6, 6.07) is 8.88. The maximum Gasteiger partial charge on any atom is 0.223 e. The minimum absolute atomic E-state index is 0.487. The molecule has 1 aromatic carbocycles. The summed E-state index contributed by atoms with van der Waals surface area (Å²) in [6.45, 7) is 2.03. The maximum absolute atomic E-state index is 6.10. The van der Waals surface area contributed by atoms with Crippen LogP contribution >= 0.6 is 23.2 Å². The summed E-state index contributed by atoms with van der Waals surface area (Å²) in [7, 11) is 1.67. The molecule has 0 atom stereocenters. The SMILES string of the molecule is COCCNCc1cccnc1Oc1cc(Cl)ccc1Cl. The van der Waals surface area contributed by atoms with Gasteiger partial charge in [-0.3, -0.25) is 0 Å². The van der Waals surface area contributed by atoms with Crippen LogP contribution in [0.25, 0.3) is 0 Å². The highest BCUT2D eigenvalue weighted by Gasteiger charge is 2.09. The quantitative estimate of drug-likeness (QED) is 0.783. The summed E-state index contributed by atoms with van der Waals surface area (Å²) in [5.41, 5.74) is 0.935. The maximum atomic E-state index is 6.10. The van der Waals surface area contributed by atoms with E-state index in [1.54, 1.807) is 31.5 Å². The van der Waals surface area contributed by atoms with E-state index in [0.717, 1.165) is 12.1 Å². The van der Waals surface area contributed by atoms with Gasteiger partial charge in [0.1, 0.15) is 5.75 Å². The molecule has 0 saturated heterocycles. The van der Waals surface area contributed by atoms with Gasteiger partial charge in [0.2, 0.25) is 5.88 Å². The van der Waals surface area contributed by atoms with Crippen molar-refractivity contribution in [2.24, 2.45) is 0 Å². The van der Waals surface area contributed by atoms with Crippen LogP contribution in [0.1, 0.15) is 5.56 Å². The Balaban J connectivity index is 2.10. The normalized spacial score (nSPS) is 10.6. The zero-order chi connectivity index (χ0) is 15.1. The van der Waals surface area contributed by atoms with Gasteiger partial charge in [-0.15, -0.1) is 0 Å². The van der Waals surface area contributed by atoms with Crippen molar-refractivity contribution in [2.75, 3.05) is 20.3 Å². The van der Waals surface area contributed by atoms with Crippen molar-refractivity contribution < 1.29 is 9.47 Å². The Morgan fingerprint density at radius 1 is 1.24 bits per heavy atom. The van der Waals surface area contributed by atoms with E-state index in [4.69, 9.17) is 32.7 Å². The van der Waals surface area contributed by atoms with Gasteiger partial charge in [-0.05, 0) is 18.2 Å². The smallest absolute Gasteiger partial charge is 0.223 e. The first-order valence-corrected chi connectivity index (χ1v) is 7.22. The molecule has 0 radical (unpaired) electrons. The van der Waals surface area contributed by atoms with Gasteiger partial charge in [0.25, 0.3) is 0 Å². The molecule has 0 saturated carbocycles. The third kappa shape index (κ3) is 4.86. The topological polar surface area (TPSA) is 43.4 Å². The summed E-state index contributed by atoms with van der Waals surface area (Å²) >= 11 is 12.1. The molecular formula is C15H16Cl2N2O2. The standard InChI is InChI=1S/C15H16Cl2N2O2/c1-20-8-7-18-10-11-3-2-6-19-15(11)21-14-9-12(16)4-5-13(14)17/h2-6,9,18H,7-8,10H2,1H3. The van der Waals surface area contributed by atoms with Crippen molar-refractivity contribution in [1.82, 2.24) is 10.3 Å². The number of nitrogens with one attached hydrogen (secondary N) is 1. The Kier molecular flexibility index (Phi) is 6.26. The van der Waals surface area contributed by atoms with E-state index in [1.165, 1.54) is 0 Å². The number of methoxy groups -OCH3 is 1. The van der Waals surface area contributed by atoms with Crippen molar-refractivity contribution in [3.05, 3.63) is 52.1 Å². The molecule has 2 rings (SSSR count). The second kappa shape index (κ2) is 8.20. The van der Waals surface area contributed by atoms with Crippen molar-refractivity contribution in [3.8, 4) is 11.6 Å². The van der Waals surface area contributed by atoms with Gasteiger partial charge < -0.3 is 14.8 Å². The van der Waals surface area contributed by atoms with Crippen molar-refractivity contribution >= 4 is 23.2 Å². The van der Waals surface area contributed by atoms with E-state index in [2.05, 4.69) is 10.3 Å². The molecule has 0 aliphatic rings. The summed E-state index contributed by atoms with van der Waals surface area (Å²) in [5, 5.41) is 4.30. The number of pyridine rings is 1. The number of benzene rings is 1. The van der Waals surface area contributed by atoms with Crippen molar-refractivity contribution in [3.63, 3.8) is 0 Å². The molecule has 0 amide bonds. The Morgan fingerprint density at radius 2 is 2.10 bits per heavy atom. The van der Waals surface area contributed by atoms with Crippen LogP contribution in [-0.4, -0.2) is 25.2 Å². The molecule has 0 aliphatic heterocycles. The zero-order valence-electron chi connectivity index (χ0n) is 11.6. The van der Waals surface area contributed by atoms with Crippen LogP contribution in [0.3, 0.4) is 0 Å². The lowest BCUT2D eigenvalue weighted by Gasteiger charge is -2.11. The highest BCUT2D eigenvalue weighted by atomic mass is 35.5. The molecule has 2 aromatic rings. The molecule has 0 aliphatic carbocycles. The summed E-state index contributed by atoms with van der Waals surface area (Å²) < 4.78 is 10.8. The average Bonchev–Trinajstić information content (AvgIpc) is 2.49. The fourth-order valence-electron chi connectivity index (χ4n) is 1.71. The molecule has 1 N–H and O–H groups in total. The summed E-state index contributed by atoms with van der Waals surface area (Å²) in [6.07, 6.45) is 1.67. The number of nitrogens with zero attached hydrogens (tertiary/aromatic N) is 1.